The van der Waals surface area contributed by atoms with Crippen molar-refractivity contribution in [1.29, 1.82) is 0 Å². The van der Waals surface area contributed by atoms with Crippen molar-refractivity contribution in [2.45, 2.75) is 6.54 Å². The summed E-state index contributed by atoms with van der Waals surface area (Å²) in [6.45, 7) is 2.16. The SMILES string of the molecule is COCCNCc1ccc(-c2cc3nccc(Oc4ccc(NC=O)cc4F)c3s2)nc1. The second-order valence-electron chi connectivity index (χ2n) is 6.86. The molecule has 0 aliphatic carbocycles. The maximum Gasteiger partial charge on any atom is 0.211 e. The van der Waals surface area contributed by atoms with E-state index in [1.807, 2.05) is 24.4 Å². The van der Waals surface area contributed by atoms with E-state index in [1.165, 1.54) is 23.5 Å². The molecule has 164 valence electrons. The lowest BCUT2D eigenvalue weighted by molar-refractivity contribution is -0.105. The normalized spacial score (nSPS) is 10.9. The number of pyridine rings is 2. The number of halogens is 1. The lowest BCUT2D eigenvalue weighted by atomic mass is 10.2. The van der Waals surface area contributed by atoms with Crippen LogP contribution in [-0.4, -0.2) is 36.6 Å². The zero-order valence-electron chi connectivity index (χ0n) is 17.3. The van der Waals surface area contributed by atoms with Crippen LogP contribution in [0.1, 0.15) is 5.56 Å². The van der Waals surface area contributed by atoms with Crippen LogP contribution >= 0.6 is 11.3 Å². The number of anilines is 1. The molecule has 0 spiro atoms. The second-order valence-corrected chi connectivity index (χ2v) is 7.92. The van der Waals surface area contributed by atoms with Crippen LogP contribution in [0, 0.1) is 5.82 Å². The van der Waals surface area contributed by atoms with E-state index >= 15 is 0 Å². The zero-order chi connectivity index (χ0) is 22.3. The van der Waals surface area contributed by atoms with Gasteiger partial charge >= 0.3 is 0 Å². The Hall–Kier alpha value is -3.40. The molecule has 4 rings (SSSR count). The molecule has 0 saturated heterocycles. The lowest BCUT2D eigenvalue weighted by Crippen LogP contribution is -2.18. The van der Waals surface area contributed by atoms with Gasteiger partial charge in [0.1, 0.15) is 5.75 Å². The maximum absolute atomic E-state index is 14.4. The molecule has 0 atom stereocenters. The van der Waals surface area contributed by atoms with E-state index in [-0.39, 0.29) is 5.75 Å². The number of amides is 1. The van der Waals surface area contributed by atoms with E-state index in [9.17, 15) is 9.18 Å². The molecule has 3 aromatic heterocycles. The summed E-state index contributed by atoms with van der Waals surface area (Å²) >= 11 is 1.48. The minimum absolute atomic E-state index is 0.0624. The summed E-state index contributed by atoms with van der Waals surface area (Å²) in [5.41, 5.74) is 3.01. The molecule has 1 amide bonds. The molecule has 2 N–H and O–H groups in total. The number of ether oxygens (including phenoxy) is 2. The number of nitrogens with zero attached hydrogens (tertiary/aromatic N) is 2. The molecule has 0 aliphatic heterocycles. The van der Waals surface area contributed by atoms with Crippen molar-refractivity contribution in [3.8, 4) is 22.1 Å². The van der Waals surface area contributed by atoms with Gasteiger partial charge in [-0.05, 0) is 29.8 Å². The highest BCUT2D eigenvalue weighted by molar-refractivity contribution is 7.22. The molecule has 0 radical (unpaired) electrons. The molecule has 0 unspecified atom stereocenters. The minimum Gasteiger partial charge on any atom is -0.453 e. The topological polar surface area (TPSA) is 85.4 Å². The Morgan fingerprint density at radius 3 is 2.78 bits per heavy atom. The fourth-order valence-electron chi connectivity index (χ4n) is 3.06. The number of carbonyl (C=O) groups is 1. The number of carbonyl (C=O) groups excluding carboxylic acids is 1. The van der Waals surface area contributed by atoms with Crippen LogP contribution in [0.3, 0.4) is 0 Å². The quantitative estimate of drug-likeness (QED) is 0.270. The Morgan fingerprint density at radius 1 is 1.12 bits per heavy atom. The first-order valence-corrected chi connectivity index (χ1v) is 10.7. The standard InChI is InChI=1S/C23H21FN4O3S/c1-30-9-8-25-12-15-2-4-18(27-13-15)22-11-19-23(32-22)21(6-7-26-19)31-20-5-3-16(28-14-29)10-17(20)24/h2-7,10-11,13-14,25H,8-9,12H2,1H3,(H,28,29). The molecule has 1 aromatic carbocycles. The van der Waals surface area contributed by atoms with E-state index in [2.05, 4.69) is 20.6 Å². The third kappa shape index (κ3) is 5.08. The van der Waals surface area contributed by atoms with Gasteiger partial charge in [-0.1, -0.05) is 6.07 Å². The van der Waals surface area contributed by atoms with Crippen LogP contribution in [0.25, 0.3) is 20.8 Å². The maximum atomic E-state index is 14.4. The van der Waals surface area contributed by atoms with Crippen molar-refractivity contribution in [3.63, 3.8) is 0 Å². The summed E-state index contributed by atoms with van der Waals surface area (Å²) in [6.07, 6.45) is 3.96. The Labute approximate surface area is 188 Å². The molecular weight excluding hydrogens is 431 g/mol. The zero-order valence-corrected chi connectivity index (χ0v) is 18.1. The van der Waals surface area contributed by atoms with Crippen molar-refractivity contribution in [3.05, 3.63) is 66.2 Å². The number of fused-ring (bicyclic) bond motifs is 1. The Kier molecular flexibility index (Phi) is 7.00. The summed E-state index contributed by atoms with van der Waals surface area (Å²) < 4.78 is 26.0. The van der Waals surface area contributed by atoms with Crippen molar-refractivity contribution in [2.75, 3.05) is 25.6 Å². The van der Waals surface area contributed by atoms with Gasteiger partial charge in [0.25, 0.3) is 0 Å². The highest BCUT2D eigenvalue weighted by atomic mass is 32.1. The van der Waals surface area contributed by atoms with E-state index in [4.69, 9.17) is 9.47 Å². The summed E-state index contributed by atoms with van der Waals surface area (Å²) in [7, 11) is 1.67. The summed E-state index contributed by atoms with van der Waals surface area (Å²) in [6, 6.07) is 11.9. The fourth-order valence-corrected chi connectivity index (χ4v) is 4.11. The summed E-state index contributed by atoms with van der Waals surface area (Å²) in [4.78, 5) is 20.4. The van der Waals surface area contributed by atoms with Crippen LogP contribution < -0.4 is 15.4 Å². The van der Waals surface area contributed by atoms with Gasteiger partial charge in [-0.25, -0.2) is 4.39 Å². The van der Waals surface area contributed by atoms with Crippen LogP contribution in [0.15, 0.2) is 54.9 Å². The van der Waals surface area contributed by atoms with E-state index in [0.717, 1.165) is 39.4 Å². The molecular formula is C23H21FN4O3S. The Morgan fingerprint density at radius 2 is 2.03 bits per heavy atom. The van der Waals surface area contributed by atoms with Gasteiger partial charge in [0, 0.05) is 50.4 Å². The van der Waals surface area contributed by atoms with Gasteiger partial charge < -0.3 is 20.1 Å². The van der Waals surface area contributed by atoms with Crippen LogP contribution in [0.4, 0.5) is 10.1 Å². The van der Waals surface area contributed by atoms with E-state index < -0.39 is 5.82 Å². The molecule has 32 heavy (non-hydrogen) atoms. The number of hydrogen-bond acceptors (Lipinski definition) is 7. The molecule has 0 aliphatic rings. The van der Waals surface area contributed by atoms with Gasteiger partial charge in [0.2, 0.25) is 6.41 Å². The van der Waals surface area contributed by atoms with Crippen molar-refractivity contribution >= 4 is 33.7 Å². The first-order valence-electron chi connectivity index (χ1n) is 9.89. The number of rotatable bonds is 10. The first-order chi connectivity index (χ1) is 15.7. The Balaban J connectivity index is 1.54. The predicted octanol–water partition coefficient (Wildman–Crippen LogP) is 4.59. The average Bonchev–Trinajstić information content (AvgIpc) is 3.24. The van der Waals surface area contributed by atoms with Crippen molar-refractivity contribution in [2.24, 2.45) is 0 Å². The summed E-state index contributed by atoms with van der Waals surface area (Å²) in [5.74, 6) is -0.0116. The van der Waals surface area contributed by atoms with Gasteiger partial charge in [-0.2, -0.15) is 0 Å². The number of thiophene rings is 1. The average molecular weight is 453 g/mol. The minimum atomic E-state index is -0.574. The van der Waals surface area contributed by atoms with Crippen molar-refractivity contribution in [1.82, 2.24) is 15.3 Å². The van der Waals surface area contributed by atoms with Gasteiger partial charge in [0.15, 0.2) is 11.6 Å². The van der Waals surface area contributed by atoms with Crippen LogP contribution in [-0.2, 0) is 16.1 Å². The number of methoxy groups -OCH3 is 1. The number of hydrogen-bond donors (Lipinski definition) is 2. The third-order valence-corrected chi connectivity index (χ3v) is 5.80. The molecule has 0 fully saturated rings. The number of nitrogens with one attached hydrogen (secondary N) is 2. The molecule has 0 bridgehead atoms. The van der Waals surface area contributed by atoms with E-state index in [0.29, 0.717) is 24.5 Å². The van der Waals surface area contributed by atoms with Crippen LogP contribution in [0.2, 0.25) is 0 Å². The molecule has 7 nitrogen and oxygen atoms in total. The number of aromatic nitrogens is 2. The molecule has 0 saturated carbocycles. The lowest BCUT2D eigenvalue weighted by Gasteiger charge is -2.08. The molecule has 4 aromatic rings. The van der Waals surface area contributed by atoms with E-state index in [1.54, 1.807) is 25.4 Å². The first kappa shape index (κ1) is 21.8. The molecule has 3 heterocycles. The smallest absolute Gasteiger partial charge is 0.211 e. The van der Waals surface area contributed by atoms with Gasteiger partial charge in [0.05, 0.1) is 27.4 Å². The highest BCUT2D eigenvalue weighted by Gasteiger charge is 2.13. The second kappa shape index (κ2) is 10.3. The van der Waals surface area contributed by atoms with Gasteiger partial charge in [-0.15, -0.1) is 11.3 Å². The summed E-state index contributed by atoms with van der Waals surface area (Å²) in [5, 5.41) is 5.70. The highest BCUT2D eigenvalue weighted by Crippen LogP contribution is 2.39. The third-order valence-electron chi connectivity index (χ3n) is 4.64. The monoisotopic (exact) mass is 452 g/mol. The largest absolute Gasteiger partial charge is 0.453 e. The van der Waals surface area contributed by atoms with Crippen molar-refractivity contribution < 1.29 is 18.7 Å². The Bertz CT molecular complexity index is 1210. The van der Waals surface area contributed by atoms with Gasteiger partial charge in [-0.3, -0.25) is 14.8 Å². The molecule has 9 heteroatoms. The fraction of sp³-hybridized carbons (Fsp3) is 0.174. The number of benzene rings is 1. The predicted molar refractivity (Wildman–Crippen MR) is 123 cm³/mol. The van der Waals surface area contributed by atoms with Crippen LogP contribution in [0.5, 0.6) is 11.5 Å².